The van der Waals surface area contributed by atoms with Crippen LogP contribution in [0.15, 0.2) is 12.1 Å². The Balaban J connectivity index is 2.01. The van der Waals surface area contributed by atoms with Crippen molar-refractivity contribution in [1.82, 2.24) is 5.32 Å². The molecule has 2 unspecified atom stereocenters. The van der Waals surface area contributed by atoms with Gasteiger partial charge in [-0.25, -0.2) is 0 Å². The Morgan fingerprint density at radius 1 is 1.39 bits per heavy atom. The number of benzene rings is 1. The molecule has 1 aromatic carbocycles. The van der Waals surface area contributed by atoms with Crippen LogP contribution in [0.5, 0.6) is 5.75 Å². The van der Waals surface area contributed by atoms with E-state index >= 15 is 0 Å². The van der Waals surface area contributed by atoms with Gasteiger partial charge < -0.3 is 10.1 Å². The zero-order chi connectivity index (χ0) is 13.1. The molecule has 0 radical (unpaired) electrons. The van der Waals surface area contributed by atoms with Gasteiger partial charge in [0.15, 0.2) is 0 Å². The van der Waals surface area contributed by atoms with Gasteiger partial charge in [-0.15, -0.1) is 11.6 Å². The van der Waals surface area contributed by atoms with Gasteiger partial charge in [-0.2, -0.15) is 0 Å². The summed E-state index contributed by atoms with van der Waals surface area (Å²) in [5, 5.41) is 4.44. The molecule has 2 atom stereocenters. The van der Waals surface area contributed by atoms with Crippen LogP contribution in [0.2, 0.25) is 5.02 Å². The van der Waals surface area contributed by atoms with Crippen LogP contribution in [0.25, 0.3) is 0 Å². The van der Waals surface area contributed by atoms with Crippen molar-refractivity contribution in [3.63, 3.8) is 0 Å². The summed E-state index contributed by atoms with van der Waals surface area (Å²) in [4.78, 5) is 0. The maximum Gasteiger partial charge on any atom is 0.127 e. The van der Waals surface area contributed by atoms with Gasteiger partial charge in [0.2, 0.25) is 0 Å². The molecule has 0 saturated heterocycles. The van der Waals surface area contributed by atoms with Crippen molar-refractivity contribution in [3.8, 4) is 5.75 Å². The molecule has 4 heteroatoms. The Hall–Kier alpha value is -0.440. The number of ether oxygens (including phenoxy) is 1. The van der Waals surface area contributed by atoms with Crippen molar-refractivity contribution in [2.45, 2.75) is 44.7 Å². The highest BCUT2D eigenvalue weighted by Gasteiger charge is 2.17. The lowest BCUT2D eigenvalue weighted by Crippen LogP contribution is -2.27. The van der Waals surface area contributed by atoms with Gasteiger partial charge >= 0.3 is 0 Å². The van der Waals surface area contributed by atoms with E-state index in [2.05, 4.69) is 12.2 Å². The summed E-state index contributed by atoms with van der Waals surface area (Å²) in [5.74, 6) is 1.01. The second-order valence-electron chi connectivity index (χ2n) is 4.95. The lowest BCUT2D eigenvalue weighted by molar-refractivity contribution is 0.351. The minimum atomic E-state index is 0.189. The first-order valence-corrected chi connectivity index (χ1v) is 7.19. The van der Waals surface area contributed by atoms with Gasteiger partial charge in [0.25, 0.3) is 0 Å². The van der Waals surface area contributed by atoms with E-state index in [9.17, 15) is 0 Å². The summed E-state index contributed by atoms with van der Waals surface area (Å²) in [6, 6.07) is 4.36. The van der Waals surface area contributed by atoms with E-state index in [0.717, 1.165) is 42.3 Å². The first-order valence-electron chi connectivity index (χ1n) is 6.38. The molecule has 0 aliphatic carbocycles. The van der Waals surface area contributed by atoms with Gasteiger partial charge in [-0.3, -0.25) is 0 Å². The maximum atomic E-state index is 6.12. The molecule has 1 aliphatic heterocycles. The van der Waals surface area contributed by atoms with Crippen LogP contribution in [-0.2, 0) is 13.0 Å². The van der Waals surface area contributed by atoms with Gasteiger partial charge in [-0.1, -0.05) is 11.6 Å². The third-order valence-corrected chi connectivity index (χ3v) is 3.54. The van der Waals surface area contributed by atoms with Crippen molar-refractivity contribution in [1.29, 1.82) is 0 Å². The molecule has 2 rings (SSSR count). The Kier molecular flexibility index (Phi) is 4.77. The highest BCUT2D eigenvalue weighted by Crippen LogP contribution is 2.32. The van der Waals surface area contributed by atoms with Crippen LogP contribution in [0.1, 0.15) is 31.4 Å². The van der Waals surface area contributed by atoms with Crippen LogP contribution < -0.4 is 10.1 Å². The SMILES string of the molecule is CC(Cl)CC(C)NCc1cc(Cl)cc2c1OCC2. The molecule has 1 heterocycles. The van der Waals surface area contributed by atoms with Crippen LogP contribution in [0, 0.1) is 0 Å². The van der Waals surface area contributed by atoms with E-state index in [1.807, 2.05) is 19.1 Å². The summed E-state index contributed by atoms with van der Waals surface area (Å²) >= 11 is 12.1. The Bertz CT molecular complexity index is 421. The van der Waals surface area contributed by atoms with Crippen molar-refractivity contribution in [3.05, 3.63) is 28.3 Å². The maximum absolute atomic E-state index is 6.12. The molecule has 0 bridgehead atoms. The van der Waals surface area contributed by atoms with Crippen LogP contribution in [-0.4, -0.2) is 18.0 Å². The molecule has 0 spiro atoms. The fourth-order valence-corrected chi connectivity index (χ4v) is 2.86. The first kappa shape index (κ1) is 14.0. The quantitative estimate of drug-likeness (QED) is 0.833. The molecule has 18 heavy (non-hydrogen) atoms. The summed E-state index contributed by atoms with van der Waals surface area (Å²) in [6.45, 7) is 5.69. The van der Waals surface area contributed by atoms with E-state index < -0.39 is 0 Å². The zero-order valence-corrected chi connectivity index (χ0v) is 12.3. The average Bonchev–Trinajstić information content (AvgIpc) is 2.72. The smallest absolute Gasteiger partial charge is 0.127 e. The number of fused-ring (bicyclic) bond motifs is 1. The molecular formula is C14H19Cl2NO. The lowest BCUT2D eigenvalue weighted by atomic mass is 10.1. The van der Waals surface area contributed by atoms with Gasteiger partial charge in [0.05, 0.1) is 6.61 Å². The van der Waals surface area contributed by atoms with Crippen LogP contribution in [0.4, 0.5) is 0 Å². The lowest BCUT2D eigenvalue weighted by Gasteiger charge is -2.16. The van der Waals surface area contributed by atoms with E-state index in [-0.39, 0.29) is 5.38 Å². The number of hydrogen-bond acceptors (Lipinski definition) is 2. The number of nitrogens with one attached hydrogen (secondary N) is 1. The predicted octanol–water partition coefficient (Wildman–Crippen LogP) is 3.77. The average molecular weight is 288 g/mol. The number of alkyl halides is 1. The van der Waals surface area contributed by atoms with E-state index in [1.165, 1.54) is 5.56 Å². The summed E-state index contributed by atoms with van der Waals surface area (Å²) in [5.41, 5.74) is 2.36. The summed E-state index contributed by atoms with van der Waals surface area (Å²) in [6.07, 6.45) is 1.91. The zero-order valence-electron chi connectivity index (χ0n) is 10.8. The molecule has 1 N–H and O–H groups in total. The minimum absolute atomic E-state index is 0.189. The van der Waals surface area contributed by atoms with Crippen LogP contribution >= 0.6 is 23.2 Å². The van der Waals surface area contributed by atoms with Gasteiger partial charge in [-0.05, 0) is 38.0 Å². The van der Waals surface area contributed by atoms with Gasteiger partial charge in [0, 0.05) is 35.0 Å². The second kappa shape index (κ2) is 6.14. The highest BCUT2D eigenvalue weighted by molar-refractivity contribution is 6.30. The van der Waals surface area contributed by atoms with Crippen molar-refractivity contribution in [2.24, 2.45) is 0 Å². The summed E-state index contributed by atoms with van der Waals surface area (Å²) < 4.78 is 5.67. The Morgan fingerprint density at radius 2 is 2.17 bits per heavy atom. The summed E-state index contributed by atoms with van der Waals surface area (Å²) in [7, 11) is 0. The van der Waals surface area contributed by atoms with Crippen molar-refractivity contribution < 1.29 is 4.74 Å². The highest BCUT2D eigenvalue weighted by atomic mass is 35.5. The van der Waals surface area contributed by atoms with E-state index in [4.69, 9.17) is 27.9 Å². The Morgan fingerprint density at radius 3 is 2.89 bits per heavy atom. The molecule has 2 nitrogen and oxygen atoms in total. The van der Waals surface area contributed by atoms with E-state index in [1.54, 1.807) is 0 Å². The standard InChI is InChI=1S/C14H19Cl2NO/c1-9(15)5-10(2)17-8-12-7-13(16)6-11-3-4-18-14(11)12/h6-7,9-10,17H,3-5,8H2,1-2H3. The normalized spacial score (nSPS) is 17.1. The number of halogens is 2. The third-order valence-electron chi connectivity index (χ3n) is 3.14. The fraction of sp³-hybridized carbons (Fsp3) is 0.571. The molecule has 0 saturated carbocycles. The molecule has 0 amide bonds. The molecule has 1 aliphatic rings. The van der Waals surface area contributed by atoms with E-state index in [0.29, 0.717) is 6.04 Å². The monoisotopic (exact) mass is 287 g/mol. The second-order valence-corrected chi connectivity index (χ2v) is 6.13. The largest absolute Gasteiger partial charge is 0.493 e. The van der Waals surface area contributed by atoms with Crippen LogP contribution in [0.3, 0.4) is 0 Å². The van der Waals surface area contributed by atoms with Crippen molar-refractivity contribution in [2.75, 3.05) is 6.61 Å². The molecule has 1 aromatic rings. The number of hydrogen-bond donors (Lipinski definition) is 1. The predicted molar refractivity (Wildman–Crippen MR) is 76.9 cm³/mol. The van der Waals surface area contributed by atoms with Gasteiger partial charge in [0.1, 0.15) is 5.75 Å². The fourth-order valence-electron chi connectivity index (χ4n) is 2.33. The number of rotatable bonds is 5. The first-order chi connectivity index (χ1) is 8.56. The minimum Gasteiger partial charge on any atom is -0.493 e. The molecule has 0 fully saturated rings. The third kappa shape index (κ3) is 3.53. The topological polar surface area (TPSA) is 21.3 Å². The van der Waals surface area contributed by atoms with Crippen molar-refractivity contribution >= 4 is 23.2 Å². The Labute approximate surface area is 119 Å². The molecular weight excluding hydrogens is 269 g/mol. The molecule has 100 valence electrons. The molecule has 0 aromatic heterocycles.